The van der Waals surface area contributed by atoms with E-state index in [-0.39, 0.29) is 17.0 Å². The first-order valence-corrected chi connectivity index (χ1v) is 8.93. The van der Waals surface area contributed by atoms with Crippen LogP contribution in [0.4, 0.5) is 5.69 Å². The molecule has 25 heavy (non-hydrogen) atoms. The molecule has 8 heteroatoms. The number of carbonyl (C=O) groups excluding carboxylic acids is 2. The Bertz CT molecular complexity index is 893. The van der Waals surface area contributed by atoms with Crippen LogP contribution in [0.1, 0.15) is 11.1 Å². The molecule has 0 aromatic heterocycles. The summed E-state index contributed by atoms with van der Waals surface area (Å²) in [6.45, 7) is 1.41. The summed E-state index contributed by atoms with van der Waals surface area (Å²) < 4.78 is 27.5. The predicted molar refractivity (Wildman–Crippen MR) is 92.3 cm³/mol. The van der Waals surface area contributed by atoms with Gasteiger partial charge in [-0.2, -0.15) is 0 Å². The van der Waals surface area contributed by atoms with Gasteiger partial charge in [0.1, 0.15) is 0 Å². The molecule has 2 aromatic rings. The molecule has 0 saturated heterocycles. The van der Waals surface area contributed by atoms with Crippen molar-refractivity contribution >= 4 is 27.6 Å². The van der Waals surface area contributed by atoms with Crippen LogP contribution >= 0.6 is 0 Å². The van der Waals surface area contributed by atoms with Gasteiger partial charge in [0.25, 0.3) is 5.91 Å². The van der Waals surface area contributed by atoms with Gasteiger partial charge < -0.3 is 10.1 Å². The largest absolute Gasteiger partial charge is 0.455 e. The van der Waals surface area contributed by atoms with Crippen molar-refractivity contribution in [1.29, 1.82) is 0 Å². The van der Waals surface area contributed by atoms with Gasteiger partial charge in [-0.3, -0.25) is 9.59 Å². The fraction of sp³-hybridized carbons (Fsp3) is 0.176. The molecule has 0 spiro atoms. The van der Waals surface area contributed by atoms with Crippen molar-refractivity contribution in [3.05, 3.63) is 59.7 Å². The lowest BCUT2D eigenvalue weighted by atomic mass is 10.1. The summed E-state index contributed by atoms with van der Waals surface area (Å²) in [7, 11) is -3.86. The maximum atomic E-state index is 11.8. The van der Waals surface area contributed by atoms with Crippen molar-refractivity contribution < 1.29 is 22.7 Å². The highest BCUT2D eigenvalue weighted by molar-refractivity contribution is 7.89. The van der Waals surface area contributed by atoms with Gasteiger partial charge in [0.2, 0.25) is 10.0 Å². The van der Waals surface area contributed by atoms with Gasteiger partial charge >= 0.3 is 5.97 Å². The standard InChI is InChI=1S/C17H18N2O5S/c1-12-5-2-3-6-13(12)9-17(21)24-11-16(20)19-14-7-4-8-15(10-14)25(18,22)23/h2-8,10H,9,11H2,1H3,(H,19,20)(H2,18,22,23). The van der Waals surface area contributed by atoms with Gasteiger partial charge in [0.15, 0.2) is 6.61 Å². The number of anilines is 1. The third-order valence-electron chi connectivity index (χ3n) is 3.41. The lowest BCUT2D eigenvalue weighted by Crippen LogP contribution is -2.22. The summed E-state index contributed by atoms with van der Waals surface area (Å²) in [6.07, 6.45) is 0.0703. The lowest BCUT2D eigenvalue weighted by Gasteiger charge is -2.08. The monoisotopic (exact) mass is 362 g/mol. The zero-order valence-electron chi connectivity index (χ0n) is 13.6. The van der Waals surface area contributed by atoms with Gasteiger partial charge in [-0.15, -0.1) is 0 Å². The second-order valence-corrected chi connectivity index (χ2v) is 6.95. The van der Waals surface area contributed by atoms with E-state index in [1.54, 1.807) is 0 Å². The first-order valence-electron chi connectivity index (χ1n) is 7.38. The number of benzene rings is 2. The maximum Gasteiger partial charge on any atom is 0.310 e. The number of nitrogens with one attached hydrogen (secondary N) is 1. The summed E-state index contributed by atoms with van der Waals surface area (Å²) in [5, 5.41) is 7.48. The molecule has 0 atom stereocenters. The molecule has 2 aromatic carbocycles. The highest BCUT2D eigenvalue weighted by atomic mass is 32.2. The number of ether oxygens (including phenoxy) is 1. The van der Waals surface area contributed by atoms with Crippen LogP contribution in [0.15, 0.2) is 53.4 Å². The number of hydrogen-bond donors (Lipinski definition) is 2. The molecular weight excluding hydrogens is 344 g/mol. The number of sulfonamides is 1. The molecule has 3 N–H and O–H groups in total. The molecule has 0 aliphatic rings. The SMILES string of the molecule is Cc1ccccc1CC(=O)OCC(=O)Nc1cccc(S(N)(=O)=O)c1. The number of rotatable bonds is 6. The minimum absolute atomic E-state index is 0.0703. The molecular formula is C17H18N2O5S. The highest BCUT2D eigenvalue weighted by Crippen LogP contribution is 2.14. The summed E-state index contributed by atoms with van der Waals surface area (Å²) in [6, 6.07) is 12.9. The van der Waals surface area contributed by atoms with E-state index in [4.69, 9.17) is 9.88 Å². The fourth-order valence-electron chi connectivity index (χ4n) is 2.11. The third-order valence-corrected chi connectivity index (χ3v) is 4.32. The van der Waals surface area contributed by atoms with Crippen LogP contribution < -0.4 is 10.5 Å². The smallest absolute Gasteiger partial charge is 0.310 e. The summed E-state index contributed by atoms with van der Waals surface area (Å²) in [4.78, 5) is 23.5. The topological polar surface area (TPSA) is 116 Å². The number of hydrogen-bond acceptors (Lipinski definition) is 5. The first-order chi connectivity index (χ1) is 11.8. The zero-order valence-corrected chi connectivity index (χ0v) is 14.4. The van der Waals surface area contributed by atoms with Gasteiger partial charge in [-0.1, -0.05) is 30.3 Å². The zero-order chi connectivity index (χ0) is 18.4. The van der Waals surface area contributed by atoms with Crippen molar-refractivity contribution in [2.45, 2.75) is 18.2 Å². The Labute approximate surface area is 145 Å². The number of esters is 1. The number of aryl methyl sites for hydroxylation is 1. The molecule has 0 bridgehead atoms. The van der Waals surface area contributed by atoms with Crippen LogP contribution in [0, 0.1) is 6.92 Å². The Hall–Kier alpha value is -2.71. The van der Waals surface area contributed by atoms with E-state index < -0.39 is 28.5 Å². The van der Waals surface area contributed by atoms with E-state index in [1.165, 1.54) is 24.3 Å². The Morgan fingerprint density at radius 1 is 1.12 bits per heavy atom. The van der Waals surface area contributed by atoms with E-state index in [9.17, 15) is 18.0 Å². The van der Waals surface area contributed by atoms with E-state index in [1.807, 2.05) is 31.2 Å². The average Bonchev–Trinajstić information content (AvgIpc) is 2.55. The quantitative estimate of drug-likeness (QED) is 0.753. The van der Waals surface area contributed by atoms with Crippen LogP contribution in [0.2, 0.25) is 0 Å². The Morgan fingerprint density at radius 2 is 1.84 bits per heavy atom. The van der Waals surface area contributed by atoms with Gasteiger partial charge in [0.05, 0.1) is 11.3 Å². The van der Waals surface area contributed by atoms with Gasteiger partial charge in [-0.25, -0.2) is 13.6 Å². The molecule has 0 aliphatic heterocycles. The molecule has 132 valence electrons. The Balaban J connectivity index is 1.89. The second-order valence-electron chi connectivity index (χ2n) is 5.38. The van der Waals surface area contributed by atoms with Crippen molar-refractivity contribution in [2.24, 2.45) is 5.14 Å². The minimum Gasteiger partial charge on any atom is -0.455 e. The molecule has 2 rings (SSSR count). The summed E-state index contributed by atoms with van der Waals surface area (Å²) in [5.41, 5.74) is 2.03. The van der Waals surface area contributed by atoms with Crippen LogP contribution in [0.3, 0.4) is 0 Å². The van der Waals surface area contributed by atoms with Crippen molar-refractivity contribution in [3.63, 3.8) is 0 Å². The minimum atomic E-state index is -3.86. The second kappa shape index (κ2) is 7.91. The molecule has 0 saturated carbocycles. The predicted octanol–water partition coefficient (Wildman–Crippen LogP) is 1.37. The number of carbonyl (C=O) groups is 2. The average molecular weight is 362 g/mol. The van der Waals surface area contributed by atoms with Crippen molar-refractivity contribution in [2.75, 3.05) is 11.9 Å². The number of amides is 1. The molecule has 0 aliphatic carbocycles. The van der Waals surface area contributed by atoms with Crippen molar-refractivity contribution in [1.82, 2.24) is 0 Å². The third kappa shape index (κ3) is 5.70. The molecule has 0 radical (unpaired) electrons. The van der Waals surface area contributed by atoms with E-state index in [0.717, 1.165) is 11.1 Å². The molecule has 1 amide bonds. The van der Waals surface area contributed by atoms with E-state index in [0.29, 0.717) is 0 Å². The van der Waals surface area contributed by atoms with Crippen LogP contribution in [0.25, 0.3) is 0 Å². The molecule has 0 fully saturated rings. The molecule has 0 heterocycles. The number of nitrogens with two attached hydrogens (primary N) is 1. The Kier molecular flexibility index (Phi) is 5.89. The van der Waals surface area contributed by atoms with Crippen molar-refractivity contribution in [3.8, 4) is 0 Å². The van der Waals surface area contributed by atoms with Crippen LogP contribution in [-0.2, 0) is 30.8 Å². The fourth-order valence-corrected chi connectivity index (χ4v) is 2.67. The summed E-state index contributed by atoms with van der Waals surface area (Å²) >= 11 is 0. The van der Waals surface area contributed by atoms with Crippen LogP contribution in [-0.4, -0.2) is 26.9 Å². The lowest BCUT2D eigenvalue weighted by molar-refractivity contribution is -0.146. The maximum absolute atomic E-state index is 11.8. The highest BCUT2D eigenvalue weighted by Gasteiger charge is 2.12. The summed E-state index contributed by atoms with van der Waals surface area (Å²) in [5.74, 6) is -1.10. The Morgan fingerprint density at radius 3 is 2.52 bits per heavy atom. The van der Waals surface area contributed by atoms with E-state index in [2.05, 4.69) is 5.32 Å². The van der Waals surface area contributed by atoms with Crippen LogP contribution in [0.5, 0.6) is 0 Å². The van der Waals surface area contributed by atoms with Gasteiger partial charge in [0, 0.05) is 5.69 Å². The van der Waals surface area contributed by atoms with Gasteiger partial charge in [-0.05, 0) is 36.2 Å². The molecule has 0 unspecified atom stereocenters. The molecule has 7 nitrogen and oxygen atoms in total. The van der Waals surface area contributed by atoms with E-state index >= 15 is 0 Å². The number of primary sulfonamides is 1. The normalized spacial score (nSPS) is 11.0. The first kappa shape index (κ1) is 18.6.